The lowest BCUT2D eigenvalue weighted by molar-refractivity contribution is -0.137. The van der Waals surface area contributed by atoms with Gasteiger partial charge in [-0.15, -0.1) is 0 Å². The highest BCUT2D eigenvalue weighted by Gasteiger charge is 2.47. The Hall–Kier alpha value is -4.58. The SMILES string of the molecule is CN1C(=O)CN(CCC(=O)O)C(=O)c2cc(NC(C)(C)C(=O)Cc3ccc(NC(=O)C4COC5CCCC(=O)C54)cc3)ccc21. The summed E-state index contributed by atoms with van der Waals surface area (Å²) in [6, 6.07) is 11.9. The minimum Gasteiger partial charge on any atom is -0.481 e. The van der Waals surface area contributed by atoms with Crippen LogP contribution in [-0.4, -0.2) is 83.7 Å². The average molecular weight is 619 g/mol. The number of fused-ring (bicyclic) bond motifs is 2. The van der Waals surface area contributed by atoms with Gasteiger partial charge in [0.15, 0.2) is 5.78 Å². The largest absolute Gasteiger partial charge is 0.481 e. The Labute approximate surface area is 261 Å². The number of ketones is 2. The number of nitrogens with zero attached hydrogens (tertiary/aromatic N) is 2. The normalized spacial score (nSPS) is 21.6. The second kappa shape index (κ2) is 12.8. The molecule has 238 valence electrons. The number of carboxylic acid groups (broad SMARTS) is 1. The molecular weight excluding hydrogens is 580 g/mol. The number of ether oxygens (including phenoxy) is 1. The summed E-state index contributed by atoms with van der Waals surface area (Å²) >= 11 is 0. The van der Waals surface area contributed by atoms with Gasteiger partial charge in [-0.2, -0.15) is 0 Å². The molecule has 1 saturated heterocycles. The Balaban J connectivity index is 1.22. The van der Waals surface area contributed by atoms with Gasteiger partial charge in [-0.1, -0.05) is 12.1 Å². The van der Waals surface area contributed by atoms with E-state index in [4.69, 9.17) is 9.84 Å². The number of rotatable bonds is 10. The Morgan fingerprint density at radius 1 is 1.04 bits per heavy atom. The smallest absolute Gasteiger partial charge is 0.305 e. The molecule has 2 aromatic rings. The van der Waals surface area contributed by atoms with Crippen molar-refractivity contribution < 1.29 is 38.6 Å². The molecular formula is C33H38N4O8. The van der Waals surface area contributed by atoms with Gasteiger partial charge >= 0.3 is 5.97 Å². The highest BCUT2D eigenvalue weighted by atomic mass is 16.5. The van der Waals surface area contributed by atoms with Gasteiger partial charge in [0.05, 0.1) is 47.8 Å². The van der Waals surface area contributed by atoms with E-state index in [1.807, 2.05) is 0 Å². The zero-order valence-electron chi connectivity index (χ0n) is 25.6. The molecule has 3 unspecified atom stereocenters. The van der Waals surface area contributed by atoms with Crippen molar-refractivity contribution in [2.45, 2.75) is 57.6 Å². The van der Waals surface area contributed by atoms with Crippen LogP contribution in [-0.2, 0) is 35.1 Å². The standard InChI is InChI=1S/C33H38N4O8/c1-33(2,35-21-11-12-24-22(16-21)32(44)37(14-13-29(41)42)17-28(40)36(24)3)27(39)15-19-7-9-20(10-8-19)34-31(43)23-18-45-26-6-4-5-25(38)30(23)26/h7-12,16,23,26,30,35H,4-6,13-15,17-18H2,1-3H3,(H,34,43)(H,41,42). The van der Waals surface area contributed by atoms with Crippen LogP contribution in [0.4, 0.5) is 17.1 Å². The molecule has 0 bridgehead atoms. The fourth-order valence-corrected chi connectivity index (χ4v) is 6.18. The van der Waals surface area contributed by atoms with Gasteiger partial charge in [-0.3, -0.25) is 28.8 Å². The maximum atomic E-state index is 13.4. The summed E-state index contributed by atoms with van der Waals surface area (Å²) < 4.78 is 5.73. The number of hydrogen-bond donors (Lipinski definition) is 3. The van der Waals surface area contributed by atoms with E-state index in [0.717, 1.165) is 18.4 Å². The van der Waals surface area contributed by atoms with Gasteiger partial charge in [-0.25, -0.2) is 0 Å². The highest BCUT2D eigenvalue weighted by Crippen LogP contribution is 2.36. The molecule has 3 atom stereocenters. The van der Waals surface area contributed by atoms with E-state index in [0.29, 0.717) is 23.5 Å². The number of Topliss-reactive ketones (excluding diaryl/α,β-unsaturated/α-hetero) is 2. The van der Waals surface area contributed by atoms with E-state index in [-0.39, 0.29) is 73.5 Å². The summed E-state index contributed by atoms with van der Waals surface area (Å²) in [5, 5.41) is 15.2. The van der Waals surface area contributed by atoms with Crippen molar-refractivity contribution in [2.24, 2.45) is 11.8 Å². The van der Waals surface area contributed by atoms with Crippen LogP contribution in [0.15, 0.2) is 42.5 Å². The highest BCUT2D eigenvalue weighted by molar-refractivity contribution is 6.10. The molecule has 0 radical (unpaired) electrons. The zero-order chi connectivity index (χ0) is 32.5. The Morgan fingerprint density at radius 2 is 1.76 bits per heavy atom. The van der Waals surface area contributed by atoms with E-state index < -0.39 is 23.3 Å². The van der Waals surface area contributed by atoms with Crippen LogP contribution in [0.2, 0.25) is 0 Å². The third-order valence-electron chi connectivity index (χ3n) is 8.86. The maximum Gasteiger partial charge on any atom is 0.305 e. The Kier molecular flexibility index (Phi) is 9.06. The van der Waals surface area contributed by atoms with Crippen molar-refractivity contribution in [3.8, 4) is 0 Å². The molecule has 45 heavy (non-hydrogen) atoms. The minimum absolute atomic E-state index is 0.0895. The summed E-state index contributed by atoms with van der Waals surface area (Å²) in [4.78, 5) is 78.4. The summed E-state index contributed by atoms with van der Waals surface area (Å²) in [6.07, 6.45) is 1.71. The quantitative estimate of drug-likeness (QED) is 0.363. The molecule has 3 aliphatic rings. The molecule has 0 aromatic heterocycles. The van der Waals surface area contributed by atoms with E-state index in [9.17, 15) is 28.8 Å². The molecule has 5 rings (SSSR count). The molecule has 12 nitrogen and oxygen atoms in total. The second-order valence-electron chi connectivity index (χ2n) is 12.5. The number of nitrogens with one attached hydrogen (secondary N) is 2. The van der Waals surface area contributed by atoms with E-state index in [1.165, 1.54) is 9.80 Å². The maximum absolute atomic E-state index is 13.4. The minimum atomic E-state index is -1.07. The Morgan fingerprint density at radius 3 is 2.47 bits per heavy atom. The van der Waals surface area contributed by atoms with Crippen LogP contribution in [0.25, 0.3) is 0 Å². The van der Waals surface area contributed by atoms with Crippen LogP contribution < -0.4 is 15.5 Å². The fraction of sp³-hybridized carbons (Fsp3) is 0.455. The van der Waals surface area contributed by atoms with Crippen molar-refractivity contribution in [2.75, 3.05) is 42.3 Å². The lowest BCUT2D eigenvalue weighted by atomic mass is 9.79. The van der Waals surface area contributed by atoms with E-state index in [1.54, 1.807) is 63.4 Å². The third kappa shape index (κ3) is 6.90. The summed E-state index contributed by atoms with van der Waals surface area (Å²) in [5.74, 6) is -3.05. The van der Waals surface area contributed by atoms with Crippen LogP contribution in [0.3, 0.4) is 0 Å². The fourth-order valence-electron chi connectivity index (χ4n) is 6.18. The first-order valence-corrected chi connectivity index (χ1v) is 15.1. The first-order valence-electron chi connectivity index (χ1n) is 15.1. The topological polar surface area (TPSA) is 162 Å². The van der Waals surface area contributed by atoms with Crippen molar-refractivity contribution in [1.82, 2.24) is 4.90 Å². The number of amides is 3. The number of carboxylic acids is 1. The molecule has 2 aromatic carbocycles. The first-order chi connectivity index (χ1) is 21.3. The number of anilines is 3. The van der Waals surface area contributed by atoms with Crippen LogP contribution >= 0.6 is 0 Å². The van der Waals surface area contributed by atoms with Gasteiger partial charge in [0.2, 0.25) is 11.8 Å². The number of carbonyl (C=O) groups is 6. The monoisotopic (exact) mass is 618 g/mol. The van der Waals surface area contributed by atoms with Gasteiger partial charge in [0.25, 0.3) is 5.91 Å². The lowest BCUT2D eigenvalue weighted by Gasteiger charge is -2.27. The van der Waals surface area contributed by atoms with Crippen LogP contribution in [0.5, 0.6) is 0 Å². The second-order valence-corrected chi connectivity index (χ2v) is 12.5. The molecule has 2 aliphatic heterocycles. The van der Waals surface area contributed by atoms with Crippen LogP contribution in [0.1, 0.15) is 55.5 Å². The number of likely N-dealkylation sites (N-methyl/N-ethyl adjacent to an activating group) is 1. The molecule has 12 heteroatoms. The molecule has 0 spiro atoms. The Bertz CT molecular complexity index is 1540. The van der Waals surface area contributed by atoms with Gasteiger partial charge in [-0.05, 0) is 62.6 Å². The average Bonchev–Trinajstić information content (AvgIpc) is 3.42. The molecule has 2 heterocycles. The van der Waals surface area contributed by atoms with Crippen molar-refractivity contribution in [3.63, 3.8) is 0 Å². The van der Waals surface area contributed by atoms with Gasteiger partial charge in [0, 0.05) is 37.8 Å². The molecule has 3 N–H and O–H groups in total. The summed E-state index contributed by atoms with van der Waals surface area (Å²) in [6.45, 7) is 3.36. The van der Waals surface area contributed by atoms with Gasteiger partial charge < -0.3 is 30.3 Å². The first kappa shape index (κ1) is 31.8. The molecule has 1 aliphatic carbocycles. The molecule has 2 fully saturated rings. The van der Waals surface area contributed by atoms with Crippen molar-refractivity contribution in [1.29, 1.82) is 0 Å². The van der Waals surface area contributed by atoms with Gasteiger partial charge in [0.1, 0.15) is 12.3 Å². The van der Waals surface area contributed by atoms with E-state index >= 15 is 0 Å². The number of carbonyl (C=O) groups excluding carboxylic acids is 5. The third-order valence-corrected chi connectivity index (χ3v) is 8.86. The number of hydrogen-bond acceptors (Lipinski definition) is 8. The lowest BCUT2D eigenvalue weighted by Crippen LogP contribution is -2.41. The predicted molar refractivity (Wildman–Crippen MR) is 165 cm³/mol. The summed E-state index contributed by atoms with van der Waals surface area (Å²) in [7, 11) is 1.56. The predicted octanol–water partition coefficient (Wildman–Crippen LogP) is 2.90. The zero-order valence-corrected chi connectivity index (χ0v) is 25.6. The van der Waals surface area contributed by atoms with Crippen LogP contribution in [0, 0.1) is 11.8 Å². The number of benzene rings is 2. The molecule has 3 amide bonds. The van der Waals surface area contributed by atoms with E-state index in [2.05, 4.69) is 10.6 Å². The summed E-state index contributed by atoms with van der Waals surface area (Å²) in [5.41, 5.74) is 1.39. The number of aliphatic carboxylic acids is 1. The van der Waals surface area contributed by atoms with Crippen molar-refractivity contribution >= 4 is 52.3 Å². The van der Waals surface area contributed by atoms with Crippen molar-refractivity contribution in [3.05, 3.63) is 53.6 Å². The molecule has 1 saturated carbocycles.